The first-order valence-electron chi connectivity index (χ1n) is 4.99. The zero-order chi connectivity index (χ0) is 9.64. The number of rotatable bonds is 2. The molecule has 0 aromatic rings. The summed E-state index contributed by atoms with van der Waals surface area (Å²) in [6.07, 6.45) is 0. The lowest BCUT2D eigenvalue weighted by Crippen LogP contribution is -2.38. The van der Waals surface area contributed by atoms with Crippen LogP contribution >= 0.6 is 0 Å². The summed E-state index contributed by atoms with van der Waals surface area (Å²) in [5.74, 6) is 1.12. The highest BCUT2D eigenvalue weighted by molar-refractivity contribution is 5.77. The van der Waals surface area contributed by atoms with Gasteiger partial charge in [-0.1, -0.05) is 13.8 Å². The summed E-state index contributed by atoms with van der Waals surface area (Å²) in [7, 11) is 0. The summed E-state index contributed by atoms with van der Waals surface area (Å²) < 4.78 is 5.01. The molecule has 0 spiro atoms. The van der Waals surface area contributed by atoms with Crippen LogP contribution in [-0.2, 0) is 9.53 Å². The molecule has 1 aliphatic carbocycles. The van der Waals surface area contributed by atoms with E-state index in [2.05, 4.69) is 19.2 Å². The van der Waals surface area contributed by atoms with Crippen LogP contribution in [-0.4, -0.2) is 25.2 Å². The molecule has 3 nitrogen and oxygen atoms in total. The van der Waals surface area contributed by atoms with Crippen molar-refractivity contribution < 1.29 is 9.53 Å². The molecule has 0 aromatic heterocycles. The molecular formula is C10H17NO2. The Labute approximate surface area is 78.8 Å². The normalized spacial score (nSPS) is 39.8. The molecule has 2 aliphatic rings. The van der Waals surface area contributed by atoms with Crippen molar-refractivity contribution >= 4 is 5.97 Å². The van der Waals surface area contributed by atoms with E-state index in [0.717, 1.165) is 6.54 Å². The highest BCUT2D eigenvalue weighted by atomic mass is 16.5. The van der Waals surface area contributed by atoms with Gasteiger partial charge in [-0.2, -0.15) is 0 Å². The minimum absolute atomic E-state index is 0.0417. The molecule has 3 heteroatoms. The molecule has 2 fully saturated rings. The van der Waals surface area contributed by atoms with E-state index in [4.69, 9.17) is 4.74 Å². The van der Waals surface area contributed by atoms with Crippen LogP contribution < -0.4 is 5.32 Å². The molecule has 0 aromatic carbocycles. The van der Waals surface area contributed by atoms with Gasteiger partial charge in [0.25, 0.3) is 0 Å². The van der Waals surface area contributed by atoms with Crippen LogP contribution in [0.3, 0.4) is 0 Å². The maximum Gasteiger partial charge on any atom is 0.323 e. The Morgan fingerprint density at radius 3 is 2.77 bits per heavy atom. The molecular weight excluding hydrogens is 166 g/mol. The van der Waals surface area contributed by atoms with Gasteiger partial charge < -0.3 is 10.1 Å². The zero-order valence-electron chi connectivity index (χ0n) is 8.46. The number of esters is 1. The second-order valence-electron chi connectivity index (χ2n) is 4.59. The van der Waals surface area contributed by atoms with Crippen molar-refractivity contribution in [3.05, 3.63) is 0 Å². The first-order valence-corrected chi connectivity index (χ1v) is 4.99. The molecule has 1 saturated carbocycles. The van der Waals surface area contributed by atoms with Crippen LogP contribution in [0, 0.1) is 17.3 Å². The van der Waals surface area contributed by atoms with Gasteiger partial charge in [-0.05, 0) is 30.7 Å². The second-order valence-corrected chi connectivity index (χ2v) is 4.59. The molecule has 3 atom stereocenters. The average Bonchev–Trinajstić information content (AvgIpc) is 2.51. The molecule has 1 heterocycles. The van der Waals surface area contributed by atoms with E-state index in [-0.39, 0.29) is 12.0 Å². The largest absolute Gasteiger partial charge is 0.465 e. The molecule has 74 valence electrons. The van der Waals surface area contributed by atoms with Crippen molar-refractivity contribution in [2.24, 2.45) is 17.3 Å². The first-order chi connectivity index (χ1) is 6.09. The van der Waals surface area contributed by atoms with Gasteiger partial charge in [0.05, 0.1) is 6.61 Å². The maximum atomic E-state index is 11.5. The van der Waals surface area contributed by atoms with Gasteiger partial charge in [0, 0.05) is 0 Å². The number of hydrogen-bond acceptors (Lipinski definition) is 3. The predicted molar refractivity (Wildman–Crippen MR) is 49.2 cm³/mol. The van der Waals surface area contributed by atoms with Crippen LogP contribution in [0.2, 0.25) is 0 Å². The van der Waals surface area contributed by atoms with Gasteiger partial charge in [-0.25, -0.2) is 0 Å². The van der Waals surface area contributed by atoms with Crippen LogP contribution in [0.15, 0.2) is 0 Å². The molecule has 1 aliphatic heterocycles. The number of carbonyl (C=O) groups excluding carboxylic acids is 1. The number of carbonyl (C=O) groups is 1. The summed E-state index contributed by atoms with van der Waals surface area (Å²) in [4.78, 5) is 11.5. The topological polar surface area (TPSA) is 38.3 Å². The van der Waals surface area contributed by atoms with Crippen LogP contribution in [0.4, 0.5) is 0 Å². The SMILES string of the molecule is CCOC(=O)C1NCC2C1C2(C)C. The molecule has 2 rings (SSSR count). The predicted octanol–water partition coefficient (Wildman–Crippen LogP) is 0.793. The number of ether oxygens (including phenoxy) is 1. The van der Waals surface area contributed by atoms with Crippen LogP contribution in [0.1, 0.15) is 20.8 Å². The third kappa shape index (κ3) is 1.17. The fraction of sp³-hybridized carbons (Fsp3) is 0.900. The van der Waals surface area contributed by atoms with Gasteiger partial charge in [0.1, 0.15) is 6.04 Å². The smallest absolute Gasteiger partial charge is 0.323 e. The Morgan fingerprint density at radius 2 is 2.31 bits per heavy atom. The van der Waals surface area contributed by atoms with Crippen molar-refractivity contribution in [3.63, 3.8) is 0 Å². The Bertz CT molecular complexity index is 237. The van der Waals surface area contributed by atoms with Gasteiger partial charge in [-0.3, -0.25) is 4.79 Å². The summed E-state index contributed by atoms with van der Waals surface area (Å²) >= 11 is 0. The van der Waals surface area contributed by atoms with Gasteiger partial charge in [0.2, 0.25) is 0 Å². The number of fused-ring (bicyclic) bond motifs is 1. The number of nitrogens with one attached hydrogen (secondary N) is 1. The van der Waals surface area contributed by atoms with E-state index >= 15 is 0 Å². The molecule has 13 heavy (non-hydrogen) atoms. The molecule has 0 amide bonds. The lowest BCUT2D eigenvalue weighted by molar-refractivity contribution is -0.146. The molecule has 1 saturated heterocycles. The quantitative estimate of drug-likeness (QED) is 0.643. The fourth-order valence-corrected chi connectivity index (χ4v) is 2.68. The third-order valence-corrected chi connectivity index (χ3v) is 3.60. The van der Waals surface area contributed by atoms with Crippen LogP contribution in [0.5, 0.6) is 0 Å². The average molecular weight is 183 g/mol. The highest BCUT2D eigenvalue weighted by Crippen LogP contribution is 2.62. The van der Waals surface area contributed by atoms with E-state index in [1.54, 1.807) is 0 Å². The summed E-state index contributed by atoms with van der Waals surface area (Å²) in [5, 5.41) is 3.22. The molecule has 3 unspecified atom stereocenters. The molecule has 0 bridgehead atoms. The third-order valence-electron chi connectivity index (χ3n) is 3.60. The fourth-order valence-electron chi connectivity index (χ4n) is 2.68. The summed E-state index contributed by atoms with van der Waals surface area (Å²) in [6.45, 7) is 7.77. The van der Waals surface area contributed by atoms with Crippen molar-refractivity contribution in [1.29, 1.82) is 0 Å². The molecule has 1 N–H and O–H groups in total. The minimum atomic E-state index is -0.0689. The van der Waals surface area contributed by atoms with Gasteiger partial charge in [0.15, 0.2) is 0 Å². The lowest BCUT2D eigenvalue weighted by atomic mass is 10.0. The van der Waals surface area contributed by atoms with E-state index in [0.29, 0.717) is 23.9 Å². The Balaban J connectivity index is 1.99. The second kappa shape index (κ2) is 2.71. The van der Waals surface area contributed by atoms with Gasteiger partial charge in [-0.15, -0.1) is 0 Å². The van der Waals surface area contributed by atoms with Crippen molar-refractivity contribution in [3.8, 4) is 0 Å². The standard InChI is InChI=1S/C10H17NO2/c1-4-13-9(12)8-7-6(5-11-8)10(7,2)3/h6-8,11H,4-5H2,1-3H3. The number of piperidine rings is 1. The van der Waals surface area contributed by atoms with E-state index < -0.39 is 0 Å². The van der Waals surface area contributed by atoms with Crippen LogP contribution in [0.25, 0.3) is 0 Å². The van der Waals surface area contributed by atoms with Gasteiger partial charge >= 0.3 is 5.97 Å². The lowest BCUT2D eigenvalue weighted by Gasteiger charge is -2.16. The van der Waals surface area contributed by atoms with E-state index in [9.17, 15) is 4.79 Å². The van der Waals surface area contributed by atoms with E-state index in [1.807, 2.05) is 6.92 Å². The Morgan fingerprint density at radius 1 is 1.62 bits per heavy atom. The summed E-state index contributed by atoms with van der Waals surface area (Å²) in [6, 6.07) is -0.0417. The minimum Gasteiger partial charge on any atom is -0.465 e. The summed E-state index contributed by atoms with van der Waals surface area (Å²) in [5.41, 5.74) is 0.350. The molecule has 0 radical (unpaired) electrons. The van der Waals surface area contributed by atoms with Crippen molar-refractivity contribution in [1.82, 2.24) is 5.32 Å². The highest BCUT2D eigenvalue weighted by Gasteiger charge is 2.66. The zero-order valence-corrected chi connectivity index (χ0v) is 8.46. The Kier molecular flexibility index (Phi) is 1.88. The Hall–Kier alpha value is -0.570. The maximum absolute atomic E-state index is 11.5. The number of hydrogen-bond donors (Lipinski definition) is 1. The van der Waals surface area contributed by atoms with E-state index in [1.165, 1.54) is 0 Å². The van der Waals surface area contributed by atoms with Crippen molar-refractivity contribution in [2.75, 3.05) is 13.2 Å². The monoisotopic (exact) mass is 183 g/mol. The van der Waals surface area contributed by atoms with Crippen molar-refractivity contribution in [2.45, 2.75) is 26.8 Å². The first kappa shape index (κ1) is 9.00.